The van der Waals surface area contributed by atoms with Crippen molar-refractivity contribution in [2.75, 3.05) is 39.1 Å². The van der Waals surface area contributed by atoms with Crippen LogP contribution in [0, 0.1) is 0 Å². The number of hydrogen-bond donors (Lipinski definition) is 2. The van der Waals surface area contributed by atoms with E-state index in [2.05, 4.69) is 26.8 Å². The predicted molar refractivity (Wildman–Crippen MR) is 99.0 cm³/mol. The Labute approximate surface area is 153 Å². The van der Waals surface area contributed by atoms with E-state index in [-0.39, 0.29) is 12.2 Å². The Hall–Kier alpha value is -2.16. The van der Waals surface area contributed by atoms with Gasteiger partial charge in [0.05, 0.1) is 12.2 Å². The van der Waals surface area contributed by atoms with Crippen molar-refractivity contribution >= 4 is 5.95 Å². The third kappa shape index (κ3) is 4.51. The number of aliphatic hydroxyl groups excluding tert-OH is 1. The van der Waals surface area contributed by atoms with E-state index in [0.717, 1.165) is 37.5 Å². The molecule has 0 aromatic carbocycles. The van der Waals surface area contributed by atoms with Gasteiger partial charge in [-0.1, -0.05) is 0 Å². The number of furan rings is 1. The van der Waals surface area contributed by atoms with Crippen molar-refractivity contribution in [3.63, 3.8) is 0 Å². The van der Waals surface area contributed by atoms with Crippen LogP contribution in [-0.2, 0) is 19.7 Å². The highest BCUT2D eigenvalue weighted by atomic mass is 16.4. The zero-order valence-electron chi connectivity index (χ0n) is 15.6. The third-order valence-electron chi connectivity index (χ3n) is 4.74. The van der Waals surface area contributed by atoms with Crippen molar-refractivity contribution in [3.05, 3.63) is 45.8 Å². The van der Waals surface area contributed by atoms with Gasteiger partial charge in [-0.15, -0.1) is 0 Å². The molecule has 8 heteroatoms. The molecule has 1 aliphatic heterocycles. The highest BCUT2D eigenvalue weighted by Crippen LogP contribution is 2.19. The fourth-order valence-corrected chi connectivity index (χ4v) is 3.30. The number of nitrogens with zero attached hydrogens (tertiary/aromatic N) is 4. The van der Waals surface area contributed by atoms with Gasteiger partial charge in [0.1, 0.15) is 18.1 Å². The number of aromatic nitrogens is 2. The maximum absolute atomic E-state index is 11.8. The van der Waals surface area contributed by atoms with E-state index in [4.69, 9.17) is 9.52 Å². The molecule has 1 saturated heterocycles. The normalized spacial score (nSPS) is 18.0. The van der Waals surface area contributed by atoms with Crippen LogP contribution >= 0.6 is 0 Å². The van der Waals surface area contributed by atoms with Crippen molar-refractivity contribution in [2.45, 2.75) is 32.2 Å². The minimum absolute atomic E-state index is 0.0660. The Balaban J connectivity index is 1.57. The van der Waals surface area contributed by atoms with Gasteiger partial charge in [0.15, 0.2) is 0 Å². The lowest BCUT2D eigenvalue weighted by Gasteiger charge is -2.24. The van der Waals surface area contributed by atoms with Crippen molar-refractivity contribution in [1.82, 2.24) is 19.8 Å². The van der Waals surface area contributed by atoms with Crippen molar-refractivity contribution in [3.8, 4) is 0 Å². The molecule has 2 aromatic rings. The van der Waals surface area contributed by atoms with E-state index in [9.17, 15) is 4.79 Å². The minimum Gasteiger partial charge on any atom is -0.462 e. The van der Waals surface area contributed by atoms with Crippen LogP contribution in [0.1, 0.15) is 23.6 Å². The second kappa shape index (κ2) is 8.03. The summed E-state index contributed by atoms with van der Waals surface area (Å²) >= 11 is 0. The van der Waals surface area contributed by atoms with Crippen LogP contribution in [0.5, 0.6) is 0 Å². The van der Waals surface area contributed by atoms with E-state index in [1.165, 1.54) is 0 Å². The molecule has 1 fully saturated rings. The summed E-state index contributed by atoms with van der Waals surface area (Å²) in [4.78, 5) is 25.5. The van der Waals surface area contributed by atoms with Crippen LogP contribution in [0.3, 0.4) is 0 Å². The molecule has 142 valence electrons. The molecular formula is C18H27N5O3. The van der Waals surface area contributed by atoms with Crippen LogP contribution in [0.15, 0.2) is 27.4 Å². The number of aliphatic hydroxyl groups is 1. The molecule has 2 aromatic heterocycles. The largest absolute Gasteiger partial charge is 0.462 e. The molecule has 26 heavy (non-hydrogen) atoms. The quantitative estimate of drug-likeness (QED) is 0.748. The molecule has 2 N–H and O–H groups in total. The number of likely N-dealkylation sites (tertiary alicyclic amines) is 1. The first kappa shape index (κ1) is 18.6. The molecule has 0 bridgehead atoms. The van der Waals surface area contributed by atoms with Gasteiger partial charge in [-0.2, -0.15) is 0 Å². The van der Waals surface area contributed by atoms with Crippen LogP contribution in [-0.4, -0.2) is 65.1 Å². The Morgan fingerprint density at radius 1 is 1.35 bits per heavy atom. The molecule has 1 unspecified atom stereocenters. The standard InChI is InChI=1S/C18H27N5O3/c1-21(2)18-19-13(8-17(25)20-18)9-22(3)14-6-7-23(10-14)11-15-4-5-16(12-24)26-15/h4-5,8,14,24H,6-7,9-12H2,1-3H3,(H,19,20,25). The van der Waals surface area contributed by atoms with Gasteiger partial charge in [-0.25, -0.2) is 4.98 Å². The van der Waals surface area contributed by atoms with Crippen LogP contribution < -0.4 is 10.5 Å². The lowest BCUT2D eigenvalue weighted by Crippen LogP contribution is -2.34. The SMILES string of the molecule is CN(C)c1nc(CN(C)C2CCN(Cc3ccc(CO)o3)C2)cc(=O)[nH]1. The summed E-state index contributed by atoms with van der Waals surface area (Å²) in [6.45, 7) is 3.26. The second-order valence-electron chi connectivity index (χ2n) is 7.07. The van der Waals surface area contributed by atoms with Gasteiger partial charge in [0, 0.05) is 45.8 Å². The maximum atomic E-state index is 11.8. The van der Waals surface area contributed by atoms with Gasteiger partial charge in [-0.05, 0) is 25.6 Å². The molecule has 3 heterocycles. The molecule has 8 nitrogen and oxygen atoms in total. The Morgan fingerprint density at radius 3 is 2.81 bits per heavy atom. The third-order valence-corrected chi connectivity index (χ3v) is 4.74. The summed E-state index contributed by atoms with van der Waals surface area (Å²) in [6.07, 6.45) is 1.06. The van der Waals surface area contributed by atoms with E-state index in [1.54, 1.807) is 11.0 Å². The zero-order chi connectivity index (χ0) is 18.7. The van der Waals surface area contributed by atoms with Crippen LogP contribution in [0.2, 0.25) is 0 Å². The number of anilines is 1. The second-order valence-corrected chi connectivity index (χ2v) is 7.07. The van der Waals surface area contributed by atoms with Crippen LogP contribution in [0.25, 0.3) is 0 Å². The summed E-state index contributed by atoms with van der Waals surface area (Å²) in [5, 5.41) is 9.09. The average Bonchev–Trinajstić information content (AvgIpc) is 3.24. The lowest BCUT2D eigenvalue weighted by molar-refractivity contribution is 0.209. The smallest absolute Gasteiger partial charge is 0.252 e. The summed E-state index contributed by atoms with van der Waals surface area (Å²) in [5.74, 6) is 2.06. The van der Waals surface area contributed by atoms with E-state index in [0.29, 0.717) is 24.3 Å². The molecule has 0 amide bonds. The Morgan fingerprint density at radius 2 is 2.12 bits per heavy atom. The van der Waals surface area contributed by atoms with E-state index < -0.39 is 0 Å². The molecule has 1 atom stereocenters. The minimum atomic E-state index is -0.127. The molecule has 1 aliphatic rings. The number of rotatable bonds is 7. The van der Waals surface area contributed by atoms with E-state index in [1.807, 2.05) is 26.2 Å². The lowest BCUT2D eigenvalue weighted by atomic mass is 10.2. The molecule has 0 radical (unpaired) electrons. The zero-order valence-corrected chi connectivity index (χ0v) is 15.6. The van der Waals surface area contributed by atoms with Crippen LogP contribution in [0.4, 0.5) is 5.95 Å². The fraction of sp³-hybridized carbons (Fsp3) is 0.556. The highest BCUT2D eigenvalue weighted by Gasteiger charge is 2.26. The number of aromatic amines is 1. The Bertz CT molecular complexity index is 785. The van der Waals surface area contributed by atoms with Gasteiger partial charge in [0.25, 0.3) is 5.56 Å². The molecular weight excluding hydrogens is 334 g/mol. The van der Waals surface area contributed by atoms with Gasteiger partial charge < -0.3 is 14.4 Å². The summed E-state index contributed by atoms with van der Waals surface area (Å²) in [7, 11) is 5.79. The molecule has 0 saturated carbocycles. The topological polar surface area (TPSA) is 88.8 Å². The summed E-state index contributed by atoms with van der Waals surface area (Å²) in [5.41, 5.74) is 0.648. The Kier molecular flexibility index (Phi) is 5.75. The first-order chi connectivity index (χ1) is 12.4. The van der Waals surface area contributed by atoms with Gasteiger partial charge >= 0.3 is 0 Å². The van der Waals surface area contributed by atoms with Crippen molar-refractivity contribution in [1.29, 1.82) is 0 Å². The summed E-state index contributed by atoms with van der Waals surface area (Å²) in [6, 6.07) is 5.71. The molecule has 0 aliphatic carbocycles. The molecule has 0 spiro atoms. The predicted octanol–water partition coefficient (Wildman–Crippen LogP) is 0.627. The number of likely N-dealkylation sites (N-methyl/N-ethyl adjacent to an activating group) is 1. The van der Waals surface area contributed by atoms with Gasteiger partial charge in [-0.3, -0.25) is 19.6 Å². The number of hydrogen-bond acceptors (Lipinski definition) is 7. The van der Waals surface area contributed by atoms with Crippen molar-refractivity contribution in [2.24, 2.45) is 0 Å². The van der Waals surface area contributed by atoms with Gasteiger partial charge in [0.2, 0.25) is 5.95 Å². The average molecular weight is 361 g/mol. The number of nitrogens with one attached hydrogen (secondary N) is 1. The van der Waals surface area contributed by atoms with E-state index >= 15 is 0 Å². The first-order valence-corrected chi connectivity index (χ1v) is 8.83. The highest BCUT2D eigenvalue weighted by molar-refractivity contribution is 5.27. The summed E-state index contributed by atoms with van der Waals surface area (Å²) < 4.78 is 5.58. The molecule has 3 rings (SSSR count). The maximum Gasteiger partial charge on any atom is 0.252 e. The fourth-order valence-electron chi connectivity index (χ4n) is 3.30. The first-order valence-electron chi connectivity index (χ1n) is 8.83. The van der Waals surface area contributed by atoms with Crippen molar-refractivity contribution < 1.29 is 9.52 Å². The monoisotopic (exact) mass is 361 g/mol. The number of H-pyrrole nitrogens is 1.